The molecule has 1 aliphatic heterocycles. The molecule has 1 N–H and O–H groups in total. The highest BCUT2D eigenvalue weighted by Crippen LogP contribution is 2.30. The summed E-state index contributed by atoms with van der Waals surface area (Å²) in [5, 5.41) is 11.8. The molecule has 1 atom stereocenters. The van der Waals surface area contributed by atoms with Crippen LogP contribution in [0.1, 0.15) is 39.0 Å². The van der Waals surface area contributed by atoms with Crippen molar-refractivity contribution < 1.29 is 4.79 Å². The molecule has 7 heteroatoms. The fraction of sp³-hybridized carbons (Fsp3) is 0.375. The fourth-order valence-electron chi connectivity index (χ4n) is 3.08. The minimum atomic E-state index is 0.0629. The van der Waals surface area contributed by atoms with E-state index < -0.39 is 0 Å². The molecule has 6 nitrogen and oxygen atoms in total. The molecule has 0 saturated carbocycles. The van der Waals surface area contributed by atoms with Gasteiger partial charge in [-0.2, -0.15) is 15.4 Å². The van der Waals surface area contributed by atoms with Gasteiger partial charge in [-0.25, -0.2) is 4.98 Å². The van der Waals surface area contributed by atoms with Crippen molar-refractivity contribution in [1.82, 2.24) is 25.3 Å². The fourth-order valence-corrected chi connectivity index (χ4v) is 3.98. The van der Waals surface area contributed by atoms with Crippen LogP contribution in [0.5, 0.6) is 0 Å². The van der Waals surface area contributed by atoms with Crippen LogP contribution in [-0.4, -0.2) is 44.3 Å². The highest BCUT2D eigenvalue weighted by molar-refractivity contribution is 7.11. The van der Waals surface area contributed by atoms with Crippen LogP contribution < -0.4 is 0 Å². The molecule has 1 amide bonds. The molecule has 0 radical (unpaired) electrons. The molecule has 0 aliphatic carbocycles. The van der Waals surface area contributed by atoms with E-state index in [1.54, 1.807) is 17.4 Å². The van der Waals surface area contributed by atoms with Gasteiger partial charge in [-0.1, -0.05) is 0 Å². The summed E-state index contributed by atoms with van der Waals surface area (Å²) in [4.78, 5) is 20.5. The van der Waals surface area contributed by atoms with Crippen molar-refractivity contribution in [2.75, 3.05) is 13.1 Å². The molecule has 1 saturated heterocycles. The van der Waals surface area contributed by atoms with E-state index in [1.165, 1.54) is 4.88 Å². The number of hydrogen-bond donors (Lipinski definition) is 1. The second-order valence-corrected chi connectivity index (χ2v) is 7.19. The van der Waals surface area contributed by atoms with Crippen LogP contribution in [0.25, 0.3) is 11.0 Å². The molecule has 1 aromatic carbocycles. The second-order valence-electron chi connectivity index (χ2n) is 5.93. The molecule has 3 aromatic rings. The lowest BCUT2D eigenvalue weighted by Crippen LogP contribution is -2.39. The van der Waals surface area contributed by atoms with E-state index in [2.05, 4.69) is 27.3 Å². The van der Waals surface area contributed by atoms with Crippen molar-refractivity contribution in [2.24, 2.45) is 0 Å². The average molecular weight is 327 g/mol. The topological polar surface area (TPSA) is 74.8 Å². The Labute approximate surface area is 137 Å². The standard InChI is InChI=1S/C16H17N5OS/c1-10-8-17-15(23-10)12-3-2-6-21(9-12)16(22)11-4-5-13-14(7-11)19-20-18-13/h4-5,7-8,12H,2-3,6,9H2,1H3,(H,18,19,20)/t12-/m0/s1. The van der Waals surface area contributed by atoms with Crippen molar-refractivity contribution in [3.05, 3.63) is 39.8 Å². The maximum Gasteiger partial charge on any atom is 0.253 e. The first-order chi connectivity index (χ1) is 11.2. The highest BCUT2D eigenvalue weighted by Gasteiger charge is 2.27. The maximum atomic E-state index is 12.8. The summed E-state index contributed by atoms with van der Waals surface area (Å²) in [6.45, 7) is 3.61. The van der Waals surface area contributed by atoms with Gasteiger partial charge >= 0.3 is 0 Å². The number of nitrogens with zero attached hydrogens (tertiary/aromatic N) is 4. The molecule has 0 unspecified atom stereocenters. The second kappa shape index (κ2) is 5.73. The number of piperidine rings is 1. The van der Waals surface area contributed by atoms with Crippen molar-refractivity contribution in [3.8, 4) is 0 Å². The van der Waals surface area contributed by atoms with E-state index in [4.69, 9.17) is 0 Å². The van der Waals surface area contributed by atoms with E-state index in [-0.39, 0.29) is 5.91 Å². The summed E-state index contributed by atoms with van der Waals surface area (Å²) in [6, 6.07) is 5.46. The molecular weight excluding hydrogens is 310 g/mol. The van der Waals surface area contributed by atoms with Gasteiger partial charge in [-0.05, 0) is 38.0 Å². The monoisotopic (exact) mass is 327 g/mol. The van der Waals surface area contributed by atoms with Crippen LogP contribution in [-0.2, 0) is 0 Å². The van der Waals surface area contributed by atoms with Crippen LogP contribution in [0, 0.1) is 6.92 Å². The average Bonchev–Trinajstić information content (AvgIpc) is 3.22. The van der Waals surface area contributed by atoms with Crippen molar-refractivity contribution in [3.63, 3.8) is 0 Å². The van der Waals surface area contributed by atoms with E-state index >= 15 is 0 Å². The first kappa shape index (κ1) is 14.3. The Balaban J connectivity index is 1.55. The van der Waals surface area contributed by atoms with Gasteiger partial charge in [-0.3, -0.25) is 4.79 Å². The predicted octanol–water partition coefficient (Wildman–Crippen LogP) is 2.74. The van der Waals surface area contributed by atoms with E-state index in [1.807, 2.05) is 23.2 Å². The van der Waals surface area contributed by atoms with Crippen LogP contribution in [0.2, 0.25) is 0 Å². The number of amides is 1. The predicted molar refractivity (Wildman–Crippen MR) is 88.6 cm³/mol. The molecule has 0 spiro atoms. The van der Waals surface area contributed by atoms with E-state index in [0.717, 1.165) is 42.0 Å². The number of benzene rings is 1. The summed E-state index contributed by atoms with van der Waals surface area (Å²) < 4.78 is 0. The number of likely N-dealkylation sites (tertiary alicyclic amines) is 1. The lowest BCUT2D eigenvalue weighted by molar-refractivity contribution is 0.0707. The summed E-state index contributed by atoms with van der Waals surface area (Å²) in [5.74, 6) is 0.412. The van der Waals surface area contributed by atoms with Crippen molar-refractivity contribution >= 4 is 28.3 Å². The van der Waals surface area contributed by atoms with Crippen molar-refractivity contribution in [1.29, 1.82) is 0 Å². The highest BCUT2D eigenvalue weighted by atomic mass is 32.1. The third-order valence-electron chi connectivity index (χ3n) is 4.26. The summed E-state index contributed by atoms with van der Waals surface area (Å²) in [7, 11) is 0. The first-order valence-electron chi connectivity index (χ1n) is 7.73. The zero-order valence-electron chi connectivity index (χ0n) is 12.8. The van der Waals surface area contributed by atoms with Crippen LogP contribution >= 0.6 is 11.3 Å². The number of hydrogen-bond acceptors (Lipinski definition) is 5. The maximum absolute atomic E-state index is 12.8. The molecule has 1 aliphatic rings. The Morgan fingerprint density at radius 2 is 2.22 bits per heavy atom. The minimum Gasteiger partial charge on any atom is -0.338 e. The number of H-pyrrole nitrogens is 1. The third kappa shape index (κ3) is 2.72. The number of aryl methyl sites for hydroxylation is 1. The van der Waals surface area contributed by atoms with Gasteiger partial charge in [0.1, 0.15) is 11.0 Å². The minimum absolute atomic E-state index is 0.0629. The molecule has 3 heterocycles. The SMILES string of the molecule is Cc1cnc([C@H]2CCCN(C(=O)c3ccc4n[nH]nc4c3)C2)s1. The first-order valence-corrected chi connectivity index (χ1v) is 8.54. The number of carbonyl (C=O) groups is 1. The summed E-state index contributed by atoms with van der Waals surface area (Å²) in [6.07, 6.45) is 4.03. The number of thiazole rings is 1. The van der Waals surface area contributed by atoms with E-state index in [0.29, 0.717) is 11.5 Å². The van der Waals surface area contributed by atoms with Crippen LogP contribution in [0.15, 0.2) is 24.4 Å². The number of aromatic nitrogens is 4. The normalized spacial score (nSPS) is 18.5. The van der Waals surface area contributed by atoms with Gasteiger partial charge in [0.2, 0.25) is 0 Å². The van der Waals surface area contributed by atoms with Gasteiger partial charge in [0.25, 0.3) is 5.91 Å². The molecular formula is C16H17N5OS. The lowest BCUT2D eigenvalue weighted by atomic mass is 9.98. The lowest BCUT2D eigenvalue weighted by Gasteiger charge is -2.31. The zero-order valence-corrected chi connectivity index (χ0v) is 13.6. The van der Waals surface area contributed by atoms with Gasteiger partial charge in [0.15, 0.2) is 0 Å². The van der Waals surface area contributed by atoms with Gasteiger partial charge < -0.3 is 4.90 Å². The Bertz CT molecular complexity index is 855. The number of fused-ring (bicyclic) bond motifs is 1. The number of aromatic amines is 1. The third-order valence-corrected chi connectivity index (χ3v) is 5.34. The zero-order chi connectivity index (χ0) is 15.8. The number of rotatable bonds is 2. The molecule has 23 heavy (non-hydrogen) atoms. The molecule has 4 rings (SSSR count). The molecule has 2 aromatic heterocycles. The molecule has 118 valence electrons. The Kier molecular flexibility index (Phi) is 3.57. The van der Waals surface area contributed by atoms with Crippen LogP contribution in [0.3, 0.4) is 0 Å². The Morgan fingerprint density at radius 3 is 3.04 bits per heavy atom. The molecule has 1 fully saturated rings. The smallest absolute Gasteiger partial charge is 0.253 e. The number of carbonyl (C=O) groups excluding carboxylic acids is 1. The Hall–Kier alpha value is -2.28. The van der Waals surface area contributed by atoms with Crippen LogP contribution in [0.4, 0.5) is 0 Å². The quantitative estimate of drug-likeness (QED) is 0.785. The summed E-state index contributed by atoms with van der Waals surface area (Å²) >= 11 is 1.74. The Morgan fingerprint density at radius 1 is 1.35 bits per heavy atom. The van der Waals surface area contributed by atoms with Gasteiger partial charge in [-0.15, -0.1) is 11.3 Å². The molecule has 0 bridgehead atoms. The summed E-state index contributed by atoms with van der Waals surface area (Å²) in [5.41, 5.74) is 2.17. The number of nitrogens with one attached hydrogen (secondary N) is 1. The van der Waals surface area contributed by atoms with Gasteiger partial charge in [0, 0.05) is 35.6 Å². The van der Waals surface area contributed by atoms with E-state index in [9.17, 15) is 4.79 Å². The van der Waals surface area contributed by atoms with Gasteiger partial charge in [0.05, 0.1) is 5.01 Å². The van der Waals surface area contributed by atoms with Crippen molar-refractivity contribution in [2.45, 2.75) is 25.7 Å². The largest absolute Gasteiger partial charge is 0.338 e.